The number of nitrogens with zero attached hydrogens (tertiary/aromatic N) is 4. The van der Waals surface area contributed by atoms with Crippen LogP contribution in [0.4, 0.5) is 4.79 Å². The van der Waals surface area contributed by atoms with E-state index in [0.717, 1.165) is 12.0 Å². The Morgan fingerprint density at radius 3 is 2.74 bits per heavy atom. The Hall–Kier alpha value is -2.91. The zero-order chi connectivity index (χ0) is 21.4. The van der Waals surface area contributed by atoms with Crippen LogP contribution < -0.4 is 10.1 Å². The van der Waals surface area contributed by atoms with Crippen LogP contribution in [0.25, 0.3) is 0 Å². The number of piperidine rings is 1. The highest BCUT2D eigenvalue weighted by Gasteiger charge is 2.40. The van der Waals surface area contributed by atoms with Crippen molar-refractivity contribution < 1.29 is 19.1 Å². The number of carbonyl (C=O) groups excluding carboxylic acids is 2. The van der Waals surface area contributed by atoms with Crippen molar-refractivity contribution in [1.29, 1.82) is 0 Å². The summed E-state index contributed by atoms with van der Waals surface area (Å²) in [5.41, 5.74) is 1.15. The molecule has 0 saturated carbocycles. The van der Waals surface area contributed by atoms with Gasteiger partial charge < -0.3 is 24.6 Å². The number of nitrogens with one attached hydrogen (secondary N) is 1. The van der Waals surface area contributed by atoms with Gasteiger partial charge in [0.05, 0.1) is 18.3 Å². The summed E-state index contributed by atoms with van der Waals surface area (Å²) in [7, 11) is 0. The first kappa shape index (κ1) is 20.0. The van der Waals surface area contributed by atoms with Gasteiger partial charge in [0.1, 0.15) is 12.4 Å². The predicted octanol–water partition coefficient (Wildman–Crippen LogP) is 2.03. The molecule has 5 rings (SSSR count). The maximum absolute atomic E-state index is 12.9. The van der Waals surface area contributed by atoms with E-state index in [2.05, 4.69) is 15.5 Å². The summed E-state index contributed by atoms with van der Waals surface area (Å²) in [5.74, 6) is 1.28. The van der Waals surface area contributed by atoms with E-state index in [-0.39, 0.29) is 35.8 Å². The Morgan fingerprint density at radius 1 is 1.16 bits per heavy atom. The first-order valence-corrected chi connectivity index (χ1v) is 10.6. The molecule has 0 aliphatic carbocycles. The Morgan fingerprint density at radius 2 is 1.97 bits per heavy atom. The van der Waals surface area contributed by atoms with Crippen molar-refractivity contribution in [2.24, 2.45) is 0 Å². The van der Waals surface area contributed by atoms with Crippen LogP contribution in [0.5, 0.6) is 11.5 Å². The number of rotatable bonds is 3. The third kappa shape index (κ3) is 4.15. The van der Waals surface area contributed by atoms with Gasteiger partial charge in [-0.1, -0.05) is 23.7 Å². The fourth-order valence-electron chi connectivity index (χ4n) is 4.23. The zero-order valence-corrected chi connectivity index (χ0v) is 17.5. The molecule has 2 aromatic rings. The molecule has 0 spiro atoms. The number of carbonyl (C=O) groups is 2. The summed E-state index contributed by atoms with van der Waals surface area (Å²) in [4.78, 5) is 28.1. The van der Waals surface area contributed by atoms with Crippen LogP contribution in [-0.2, 0) is 9.53 Å². The van der Waals surface area contributed by atoms with Crippen LogP contribution >= 0.6 is 11.6 Å². The summed E-state index contributed by atoms with van der Waals surface area (Å²) in [6, 6.07) is 9.34. The molecule has 10 heteroatoms. The lowest BCUT2D eigenvalue weighted by atomic mass is 9.91. The molecule has 0 radical (unpaired) electrons. The summed E-state index contributed by atoms with van der Waals surface area (Å²) in [5, 5.41) is 10.6. The van der Waals surface area contributed by atoms with E-state index in [1.807, 2.05) is 34.1 Å². The van der Waals surface area contributed by atoms with Gasteiger partial charge in [0.25, 0.3) is 0 Å². The molecule has 3 amide bonds. The number of hydrogen-bond donors (Lipinski definition) is 1. The fourth-order valence-corrected chi connectivity index (χ4v) is 4.38. The quantitative estimate of drug-likeness (QED) is 0.779. The molecule has 1 aromatic heterocycles. The van der Waals surface area contributed by atoms with Crippen LogP contribution in [0.2, 0.25) is 5.15 Å². The van der Waals surface area contributed by atoms with Gasteiger partial charge >= 0.3 is 6.03 Å². The molecule has 1 N–H and O–H groups in total. The van der Waals surface area contributed by atoms with Gasteiger partial charge in [-0.15, -0.1) is 5.10 Å². The first-order valence-electron chi connectivity index (χ1n) is 10.3. The topological polar surface area (TPSA) is 96.9 Å². The third-order valence-electron chi connectivity index (χ3n) is 5.97. The number of halogens is 1. The highest BCUT2D eigenvalue weighted by atomic mass is 35.5. The Labute approximate surface area is 184 Å². The maximum atomic E-state index is 12.9. The summed E-state index contributed by atoms with van der Waals surface area (Å²) >= 11 is 5.97. The van der Waals surface area contributed by atoms with Gasteiger partial charge in [0.15, 0.2) is 10.9 Å². The molecule has 31 heavy (non-hydrogen) atoms. The van der Waals surface area contributed by atoms with Gasteiger partial charge in [0, 0.05) is 38.2 Å². The number of hydrogen-bond acceptors (Lipinski definition) is 6. The Bertz CT molecular complexity index is 982. The molecule has 2 atom stereocenters. The summed E-state index contributed by atoms with van der Waals surface area (Å²) in [6.07, 6.45) is 2.27. The van der Waals surface area contributed by atoms with Gasteiger partial charge in [-0.25, -0.2) is 4.79 Å². The Balaban J connectivity index is 1.14. The van der Waals surface area contributed by atoms with Crippen molar-refractivity contribution in [3.8, 4) is 11.5 Å². The number of benzene rings is 1. The van der Waals surface area contributed by atoms with Gasteiger partial charge in [0.2, 0.25) is 5.91 Å². The fraction of sp³-hybridized carbons (Fsp3) is 0.429. The molecular weight excluding hydrogens is 422 g/mol. The second-order valence-corrected chi connectivity index (χ2v) is 8.36. The molecule has 162 valence electrons. The van der Waals surface area contributed by atoms with Crippen molar-refractivity contribution in [3.63, 3.8) is 0 Å². The molecule has 1 unspecified atom stereocenters. The molecule has 9 nitrogen and oxygen atoms in total. The molecule has 4 heterocycles. The van der Waals surface area contributed by atoms with Crippen molar-refractivity contribution in [1.82, 2.24) is 25.3 Å². The van der Waals surface area contributed by atoms with E-state index in [4.69, 9.17) is 21.1 Å². The third-order valence-corrected chi connectivity index (χ3v) is 6.23. The molecular formula is C21H22ClN5O4. The predicted molar refractivity (Wildman–Crippen MR) is 111 cm³/mol. The van der Waals surface area contributed by atoms with Gasteiger partial charge in [-0.3, -0.25) is 4.79 Å². The minimum Gasteiger partial charge on any atom is -0.454 e. The van der Waals surface area contributed by atoms with E-state index in [9.17, 15) is 9.59 Å². The van der Waals surface area contributed by atoms with Crippen LogP contribution in [-0.4, -0.2) is 76.9 Å². The second-order valence-electron chi connectivity index (χ2n) is 8.00. The summed E-state index contributed by atoms with van der Waals surface area (Å²) in [6.45, 7) is 2.60. The lowest BCUT2D eigenvalue weighted by molar-refractivity contribution is -0.139. The highest BCUT2D eigenvalue weighted by molar-refractivity contribution is 6.30. The number of urea groups is 1. The van der Waals surface area contributed by atoms with Crippen molar-refractivity contribution >= 4 is 23.5 Å². The van der Waals surface area contributed by atoms with E-state index in [1.54, 1.807) is 6.07 Å². The number of amides is 3. The number of likely N-dealkylation sites (tertiary alicyclic amines) is 2. The summed E-state index contributed by atoms with van der Waals surface area (Å²) < 4.78 is 11.3. The van der Waals surface area contributed by atoms with Crippen molar-refractivity contribution in [3.05, 3.63) is 47.2 Å². The first-order chi connectivity index (χ1) is 15.1. The van der Waals surface area contributed by atoms with Crippen LogP contribution in [0, 0.1) is 0 Å². The highest BCUT2D eigenvalue weighted by Crippen LogP contribution is 2.32. The number of morpholine rings is 1. The lowest BCUT2D eigenvalue weighted by Gasteiger charge is -2.46. The average molecular weight is 444 g/mol. The molecule has 3 aliphatic heterocycles. The van der Waals surface area contributed by atoms with Crippen LogP contribution in [0.1, 0.15) is 17.9 Å². The van der Waals surface area contributed by atoms with Crippen molar-refractivity contribution in [2.45, 2.75) is 24.5 Å². The monoisotopic (exact) mass is 443 g/mol. The van der Waals surface area contributed by atoms with E-state index in [0.29, 0.717) is 43.6 Å². The van der Waals surface area contributed by atoms with E-state index >= 15 is 0 Å². The van der Waals surface area contributed by atoms with Gasteiger partial charge in [-0.2, -0.15) is 5.10 Å². The van der Waals surface area contributed by atoms with E-state index < -0.39 is 0 Å². The number of ether oxygens (including phenoxy) is 2. The van der Waals surface area contributed by atoms with Crippen molar-refractivity contribution in [2.75, 3.05) is 32.8 Å². The minimum absolute atomic E-state index is 0.00411. The molecule has 3 aliphatic rings. The zero-order valence-electron chi connectivity index (χ0n) is 16.7. The van der Waals surface area contributed by atoms with Gasteiger partial charge in [-0.05, 0) is 24.1 Å². The average Bonchev–Trinajstić information content (AvgIpc) is 2.75. The standard InChI is InChI=1S/C21H22ClN5O4/c22-20-18(5-7-23-25-20)31-15-3-1-13(2-4-15)14-9-27(10-14)21(29)26-8-6-17-16(11-26)24-19(28)12-30-17/h1-5,7,14,16-17H,6,8-12H2,(H,24,28)/t16?,17-/m0/s1. The Kier molecular flexibility index (Phi) is 5.37. The second kappa shape index (κ2) is 8.32. The van der Waals surface area contributed by atoms with Crippen LogP contribution in [0.15, 0.2) is 36.5 Å². The minimum atomic E-state index is -0.118. The lowest BCUT2D eigenvalue weighted by Crippen LogP contribution is -2.63. The smallest absolute Gasteiger partial charge is 0.320 e. The normalized spacial score (nSPS) is 23.6. The maximum Gasteiger partial charge on any atom is 0.320 e. The van der Waals surface area contributed by atoms with Crippen LogP contribution in [0.3, 0.4) is 0 Å². The molecule has 0 bridgehead atoms. The SMILES string of the molecule is O=C1CO[C@H]2CCN(C(=O)N3CC(c4ccc(Oc5ccnnc5Cl)cc4)C3)CC2N1. The number of fused-ring (bicyclic) bond motifs is 1. The largest absolute Gasteiger partial charge is 0.454 e. The number of aromatic nitrogens is 2. The van der Waals surface area contributed by atoms with E-state index in [1.165, 1.54) is 6.20 Å². The molecule has 3 fully saturated rings. The molecule has 1 aromatic carbocycles. The molecule has 3 saturated heterocycles.